The minimum absolute atomic E-state index is 0.201. The average Bonchev–Trinajstić information content (AvgIpc) is 2.16. The average molecular weight is 286 g/mol. The molecule has 3 nitrogen and oxygen atoms in total. The van der Waals surface area contributed by atoms with Crippen molar-refractivity contribution < 1.29 is 13.0 Å². The van der Waals surface area contributed by atoms with E-state index in [0.717, 1.165) is 15.2 Å². The Labute approximate surface area is 95.6 Å². The largest absolute Gasteiger partial charge is 0.744 e. The van der Waals surface area contributed by atoms with Gasteiger partial charge in [0.2, 0.25) is 0 Å². The van der Waals surface area contributed by atoms with Gasteiger partial charge in [-0.25, -0.2) is 8.42 Å². The summed E-state index contributed by atoms with van der Waals surface area (Å²) in [5.41, 5.74) is 0. The summed E-state index contributed by atoms with van der Waals surface area (Å²) in [4.78, 5) is -0.201. The summed E-state index contributed by atoms with van der Waals surface area (Å²) in [7, 11) is -4.37. The van der Waals surface area contributed by atoms with Gasteiger partial charge in [0.15, 0.2) is 0 Å². The highest BCUT2D eigenvalue weighted by molar-refractivity contribution is 9.10. The van der Waals surface area contributed by atoms with Gasteiger partial charge in [-0.1, -0.05) is 34.1 Å². The Hall–Kier alpha value is -0.910. The van der Waals surface area contributed by atoms with E-state index in [9.17, 15) is 13.0 Å². The van der Waals surface area contributed by atoms with Crippen LogP contribution in [0.4, 0.5) is 0 Å². The van der Waals surface area contributed by atoms with Crippen molar-refractivity contribution in [1.29, 1.82) is 0 Å². The third-order valence-electron chi connectivity index (χ3n) is 2.09. The van der Waals surface area contributed by atoms with Crippen LogP contribution < -0.4 is 0 Å². The van der Waals surface area contributed by atoms with Crippen LogP contribution in [0.3, 0.4) is 0 Å². The molecule has 2 rings (SSSR count). The Morgan fingerprint density at radius 2 is 1.87 bits per heavy atom. The fourth-order valence-electron chi connectivity index (χ4n) is 1.38. The van der Waals surface area contributed by atoms with Gasteiger partial charge in [-0.2, -0.15) is 0 Å². The SMILES string of the molecule is O=S(=O)([O-])c1ccc2c(Br)cccc2c1. The van der Waals surface area contributed by atoms with Gasteiger partial charge >= 0.3 is 0 Å². The topological polar surface area (TPSA) is 57.2 Å². The molecule has 0 aliphatic rings. The van der Waals surface area contributed by atoms with Crippen molar-refractivity contribution in [2.75, 3.05) is 0 Å². The molecule has 0 heterocycles. The van der Waals surface area contributed by atoms with Crippen molar-refractivity contribution in [1.82, 2.24) is 0 Å². The molecule has 15 heavy (non-hydrogen) atoms. The Morgan fingerprint density at radius 3 is 2.53 bits per heavy atom. The Morgan fingerprint density at radius 1 is 1.13 bits per heavy atom. The molecule has 2 aromatic rings. The van der Waals surface area contributed by atoms with Crippen LogP contribution in [0.5, 0.6) is 0 Å². The van der Waals surface area contributed by atoms with Gasteiger partial charge in [0.1, 0.15) is 10.1 Å². The number of hydrogen-bond acceptors (Lipinski definition) is 3. The van der Waals surface area contributed by atoms with Crippen molar-refractivity contribution in [3.05, 3.63) is 40.9 Å². The number of benzene rings is 2. The molecule has 0 aromatic heterocycles. The maximum Gasteiger partial charge on any atom is 0.124 e. The summed E-state index contributed by atoms with van der Waals surface area (Å²) in [6.07, 6.45) is 0. The van der Waals surface area contributed by atoms with Crippen molar-refractivity contribution in [3.8, 4) is 0 Å². The second-order valence-corrected chi connectivity index (χ2v) is 5.31. The Balaban J connectivity index is 2.79. The second-order valence-electron chi connectivity index (χ2n) is 3.08. The zero-order chi connectivity index (χ0) is 11.1. The number of halogens is 1. The molecular formula is C10H6BrO3S-. The van der Waals surface area contributed by atoms with Crippen molar-refractivity contribution in [2.45, 2.75) is 4.90 Å². The predicted octanol–water partition coefficient (Wildman–Crippen LogP) is 2.51. The lowest BCUT2D eigenvalue weighted by Crippen LogP contribution is -1.97. The van der Waals surface area contributed by atoms with E-state index < -0.39 is 10.1 Å². The van der Waals surface area contributed by atoms with Crippen LogP contribution in [0.1, 0.15) is 0 Å². The van der Waals surface area contributed by atoms with E-state index in [2.05, 4.69) is 15.9 Å². The Bertz CT molecular complexity index is 620. The van der Waals surface area contributed by atoms with E-state index in [1.807, 2.05) is 6.07 Å². The molecule has 0 N–H and O–H groups in total. The van der Waals surface area contributed by atoms with E-state index in [-0.39, 0.29) is 4.90 Å². The van der Waals surface area contributed by atoms with Crippen molar-refractivity contribution >= 4 is 36.8 Å². The highest BCUT2D eigenvalue weighted by Gasteiger charge is 2.03. The van der Waals surface area contributed by atoms with Crippen LogP contribution in [0, 0.1) is 0 Å². The number of fused-ring (bicyclic) bond motifs is 1. The number of hydrogen-bond donors (Lipinski definition) is 0. The van der Waals surface area contributed by atoms with Crippen LogP contribution >= 0.6 is 15.9 Å². The first-order valence-corrected chi connectivity index (χ1v) is 6.33. The van der Waals surface area contributed by atoms with Gasteiger partial charge in [0, 0.05) is 4.47 Å². The molecule has 0 atom stereocenters. The van der Waals surface area contributed by atoms with Gasteiger partial charge in [0.05, 0.1) is 4.90 Å². The van der Waals surface area contributed by atoms with Crippen LogP contribution in [-0.2, 0) is 10.1 Å². The predicted molar refractivity (Wildman–Crippen MR) is 59.6 cm³/mol. The molecule has 0 spiro atoms. The van der Waals surface area contributed by atoms with Crippen LogP contribution in [-0.4, -0.2) is 13.0 Å². The van der Waals surface area contributed by atoms with E-state index in [1.54, 1.807) is 18.2 Å². The minimum Gasteiger partial charge on any atom is -0.744 e. The summed E-state index contributed by atoms with van der Waals surface area (Å²) in [6.45, 7) is 0. The van der Waals surface area contributed by atoms with E-state index in [4.69, 9.17) is 0 Å². The number of rotatable bonds is 1. The normalized spacial score (nSPS) is 11.9. The van der Waals surface area contributed by atoms with E-state index in [0.29, 0.717) is 0 Å². The summed E-state index contributed by atoms with van der Waals surface area (Å²) >= 11 is 3.34. The first-order chi connectivity index (χ1) is 6.98. The smallest absolute Gasteiger partial charge is 0.124 e. The summed E-state index contributed by atoms with van der Waals surface area (Å²) in [5.74, 6) is 0. The van der Waals surface area contributed by atoms with Crippen molar-refractivity contribution in [3.63, 3.8) is 0 Å². The molecular weight excluding hydrogens is 280 g/mol. The molecule has 78 valence electrons. The highest BCUT2D eigenvalue weighted by Crippen LogP contribution is 2.25. The molecule has 2 aromatic carbocycles. The highest BCUT2D eigenvalue weighted by atomic mass is 79.9. The monoisotopic (exact) mass is 285 g/mol. The fraction of sp³-hybridized carbons (Fsp3) is 0. The summed E-state index contributed by atoms with van der Waals surface area (Å²) < 4.78 is 33.3. The standard InChI is InChI=1S/C10H7BrO3S/c11-10-3-1-2-7-6-8(15(12,13)14)4-5-9(7)10/h1-6H,(H,12,13,14)/p-1. The molecule has 0 aliphatic carbocycles. The lowest BCUT2D eigenvalue weighted by atomic mass is 10.1. The Kier molecular flexibility index (Phi) is 2.54. The molecule has 0 saturated heterocycles. The third kappa shape index (κ3) is 2.04. The van der Waals surface area contributed by atoms with E-state index >= 15 is 0 Å². The van der Waals surface area contributed by atoms with Gasteiger partial charge < -0.3 is 4.55 Å². The van der Waals surface area contributed by atoms with Gasteiger partial charge in [-0.05, 0) is 29.0 Å². The molecule has 0 aliphatic heterocycles. The van der Waals surface area contributed by atoms with Crippen LogP contribution in [0.2, 0.25) is 0 Å². The zero-order valence-corrected chi connectivity index (χ0v) is 9.88. The summed E-state index contributed by atoms with van der Waals surface area (Å²) in [6, 6.07) is 9.71. The summed E-state index contributed by atoms with van der Waals surface area (Å²) in [5, 5.41) is 1.60. The molecule has 0 radical (unpaired) electrons. The molecule has 0 fully saturated rings. The first-order valence-electron chi connectivity index (χ1n) is 4.13. The maximum absolute atomic E-state index is 10.8. The molecule has 5 heteroatoms. The lowest BCUT2D eigenvalue weighted by molar-refractivity contribution is 0.463. The van der Waals surface area contributed by atoms with Gasteiger partial charge in [-0.15, -0.1) is 0 Å². The molecule has 0 bridgehead atoms. The molecule has 0 amide bonds. The first kappa shape index (κ1) is 10.6. The zero-order valence-electron chi connectivity index (χ0n) is 7.48. The lowest BCUT2D eigenvalue weighted by Gasteiger charge is -2.08. The second kappa shape index (κ2) is 3.59. The third-order valence-corrected chi connectivity index (χ3v) is 3.61. The van der Waals surface area contributed by atoms with E-state index in [1.165, 1.54) is 12.1 Å². The van der Waals surface area contributed by atoms with Gasteiger partial charge in [-0.3, -0.25) is 0 Å². The van der Waals surface area contributed by atoms with Crippen LogP contribution in [0.15, 0.2) is 45.8 Å². The molecule has 0 saturated carbocycles. The minimum atomic E-state index is -4.37. The quantitative estimate of drug-likeness (QED) is 0.757. The van der Waals surface area contributed by atoms with Crippen LogP contribution in [0.25, 0.3) is 10.8 Å². The maximum atomic E-state index is 10.8. The van der Waals surface area contributed by atoms with Gasteiger partial charge in [0.25, 0.3) is 0 Å². The molecule has 0 unspecified atom stereocenters. The van der Waals surface area contributed by atoms with Crippen molar-refractivity contribution in [2.24, 2.45) is 0 Å². The fourth-order valence-corrected chi connectivity index (χ4v) is 2.40.